The molecule has 0 radical (unpaired) electrons. The highest BCUT2D eigenvalue weighted by Crippen LogP contribution is 2.28. The minimum Gasteiger partial charge on any atom is -0.497 e. The molecule has 2 amide bonds. The lowest BCUT2D eigenvalue weighted by Gasteiger charge is -2.16. The molecule has 0 aromatic heterocycles. The van der Waals surface area contributed by atoms with E-state index in [9.17, 15) is 18.0 Å². The number of carbonyl (C=O) groups excluding carboxylic acids is 2. The maximum atomic E-state index is 12.9. The number of rotatable bonds is 7. The summed E-state index contributed by atoms with van der Waals surface area (Å²) in [5.74, 6) is -0.272. The molecule has 34 heavy (non-hydrogen) atoms. The van der Waals surface area contributed by atoms with Gasteiger partial charge in [-0.05, 0) is 61.4 Å². The van der Waals surface area contributed by atoms with Crippen LogP contribution >= 0.6 is 0 Å². The number of ether oxygens (including phenoxy) is 1. The van der Waals surface area contributed by atoms with Gasteiger partial charge in [-0.2, -0.15) is 4.31 Å². The Balaban J connectivity index is 1.53. The first-order chi connectivity index (χ1) is 16.4. The summed E-state index contributed by atoms with van der Waals surface area (Å²) in [6.45, 7) is 1.02. The number of nitrogens with one attached hydrogen (secondary N) is 2. The zero-order valence-corrected chi connectivity index (χ0v) is 19.5. The fourth-order valence-electron chi connectivity index (χ4n) is 3.70. The molecule has 3 aromatic rings. The summed E-state index contributed by atoms with van der Waals surface area (Å²) in [5, 5.41) is 5.58. The Labute approximate surface area is 198 Å². The Hall–Kier alpha value is -3.69. The quantitative estimate of drug-likeness (QED) is 0.533. The van der Waals surface area contributed by atoms with Crippen LogP contribution in [0.2, 0.25) is 0 Å². The number of anilines is 2. The van der Waals surface area contributed by atoms with Gasteiger partial charge in [0.25, 0.3) is 11.8 Å². The second kappa shape index (κ2) is 10.1. The van der Waals surface area contributed by atoms with E-state index in [1.165, 1.54) is 35.7 Å². The fraction of sp³-hybridized carbons (Fsp3) is 0.200. The molecule has 1 aliphatic rings. The zero-order valence-electron chi connectivity index (χ0n) is 18.7. The molecule has 2 N–H and O–H groups in total. The number of carbonyl (C=O) groups is 2. The molecule has 0 aliphatic carbocycles. The van der Waals surface area contributed by atoms with Crippen LogP contribution in [-0.4, -0.2) is 44.7 Å². The van der Waals surface area contributed by atoms with Crippen LogP contribution in [-0.2, 0) is 10.0 Å². The number of nitrogens with zero attached hydrogens (tertiary/aromatic N) is 1. The van der Waals surface area contributed by atoms with Crippen molar-refractivity contribution in [2.75, 3.05) is 30.8 Å². The average Bonchev–Trinajstić information content (AvgIpc) is 3.42. The van der Waals surface area contributed by atoms with E-state index in [4.69, 9.17) is 4.74 Å². The van der Waals surface area contributed by atoms with E-state index in [1.54, 1.807) is 42.5 Å². The molecule has 1 heterocycles. The highest BCUT2D eigenvalue weighted by molar-refractivity contribution is 7.89. The van der Waals surface area contributed by atoms with Gasteiger partial charge in [0, 0.05) is 30.3 Å². The second-order valence-corrected chi connectivity index (χ2v) is 9.76. The number of hydrogen-bond donors (Lipinski definition) is 2. The van der Waals surface area contributed by atoms with Gasteiger partial charge in [0.05, 0.1) is 23.4 Å². The van der Waals surface area contributed by atoms with Gasteiger partial charge in [-0.25, -0.2) is 8.42 Å². The number of sulfonamides is 1. The molecule has 9 heteroatoms. The first-order valence-electron chi connectivity index (χ1n) is 10.8. The molecule has 4 rings (SSSR count). The van der Waals surface area contributed by atoms with Crippen molar-refractivity contribution in [3.8, 4) is 5.75 Å². The number of amides is 2. The predicted molar refractivity (Wildman–Crippen MR) is 130 cm³/mol. The molecule has 3 aromatic carbocycles. The summed E-state index contributed by atoms with van der Waals surface area (Å²) in [6.07, 6.45) is 1.70. The second-order valence-electron chi connectivity index (χ2n) is 7.82. The molecule has 0 saturated carbocycles. The number of benzene rings is 3. The van der Waals surface area contributed by atoms with Gasteiger partial charge < -0.3 is 15.4 Å². The smallest absolute Gasteiger partial charge is 0.255 e. The molecule has 1 aliphatic heterocycles. The monoisotopic (exact) mass is 479 g/mol. The Morgan fingerprint density at radius 1 is 0.794 bits per heavy atom. The van der Waals surface area contributed by atoms with Crippen molar-refractivity contribution in [3.05, 3.63) is 83.9 Å². The third-order valence-corrected chi connectivity index (χ3v) is 7.49. The topological polar surface area (TPSA) is 105 Å². The van der Waals surface area contributed by atoms with E-state index in [2.05, 4.69) is 10.6 Å². The lowest BCUT2D eigenvalue weighted by atomic mass is 10.1. The summed E-state index contributed by atoms with van der Waals surface area (Å²) in [7, 11) is -2.06. The lowest BCUT2D eigenvalue weighted by molar-refractivity contribution is 0.101. The van der Waals surface area contributed by atoms with Crippen molar-refractivity contribution in [2.45, 2.75) is 17.7 Å². The van der Waals surface area contributed by atoms with Crippen molar-refractivity contribution < 1.29 is 22.7 Å². The summed E-state index contributed by atoms with van der Waals surface area (Å²) < 4.78 is 32.1. The molecule has 0 bridgehead atoms. The largest absolute Gasteiger partial charge is 0.497 e. The lowest BCUT2D eigenvalue weighted by Crippen LogP contribution is -2.27. The van der Waals surface area contributed by atoms with E-state index in [0.29, 0.717) is 35.8 Å². The first kappa shape index (κ1) is 23.5. The molecule has 176 valence electrons. The molecule has 1 saturated heterocycles. The average molecular weight is 480 g/mol. The minimum atomic E-state index is -3.56. The van der Waals surface area contributed by atoms with Gasteiger partial charge in [0.2, 0.25) is 10.0 Å². The molecular weight excluding hydrogens is 454 g/mol. The Bertz CT molecular complexity index is 1290. The van der Waals surface area contributed by atoms with Gasteiger partial charge in [-0.15, -0.1) is 0 Å². The van der Waals surface area contributed by atoms with Crippen LogP contribution in [0, 0.1) is 0 Å². The van der Waals surface area contributed by atoms with Crippen molar-refractivity contribution in [1.82, 2.24) is 4.31 Å². The highest BCUT2D eigenvalue weighted by atomic mass is 32.2. The van der Waals surface area contributed by atoms with Gasteiger partial charge >= 0.3 is 0 Å². The number of hydrogen-bond acceptors (Lipinski definition) is 5. The third kappa shape index (κ3) is 5.11. The number of methoxy groups -OCH3 is 1. The van der Waals surface area contributed by atoms with Crippen LogP contribution in [0.1, 0.15) is 33.6 Å². The Morgan fingerprint density at radius 3 is 2.00 bits per heavy atom. The van der Waals surface area contributed by atoms with Crippen molar-refractivity contribution in [1.29, 1.82) is 0 Å². The minimum absolute atomic E-state index is 0.156. The van der Waals surface area contributed by atoms with Crippen LogP contribution in [0.5, 0.6) is 5.75 Å². The molecule has 8 nitrogen and oxygen atoms in total. The van der Waals surface area contributed by atoms with E-state index in [-0.39, 0.29) is 16.4 Å². The maximum Gasteiger partial charge on any atom is 0.255 e. The summed E-state index contributed by atoms with van der Waals surface area (Å²) >= 11 is 0. The molecular formula is C25H25N3O5S. The van der Waals surface area contributed by atoms with Crippen molar-refractivity contribution in [3.63, 3.8) is 0 Å². The molecule has 0 unspecified atom stereocenters. The Morgan fingerprint density at radius 2 is 1.38 bits per heavy atom. The third-order valence-electron chi connectivity index (χ3n) is 5.58. The predicted octanol–water partition coefficient (Wildman–Crippen LogP) is 3.98. The molecule has 0 spiro atoms. The first-order valence-corrected chi connectivity index (χ1v) is 12.3. The fourth-order valence-corrected chi connectivity index (χ4v) is 5.21. The van der Waals surface area contributed by atoms with Gasteiger partial charge in [-0.3, -0.25) is 9.59 Å². The standard InChI is InChI=1S/C25H25N3O5S/c1-33-20-11-14-22(26-24(29)18-7-3-2-4-8-18)23(17-20)27-25(30)19-9-12-21(13-10-19)34(31,32)28-15-5-6-16-28/h2-4,7-14,17H,5-6,15-16H2,1H3,(H,26,29)(H,27,30). The summed E-state index contributed by atoms with van der Waals surface area (Å²) in [5.41, 5.74) is 1.51. The van der Waals surface area contributed by atoms with Crippen LogP contribution in [0.3, 0.4) is 0 Å². The van der Waals surface area contributed by atoms with Crippen LogP contribution in [0.25, 0.3) is 0 Å². The summed E-state index contributed by atoms with van der Waals surface area (Å²) in [4.78, 5) is 25.7. The van der Waals surface area contributed by atoms with Gasteiger partial charge in [0.1, 0.15) is 5.75 Å². The van der Waals surface area contributed by atoms with E-state index in [0.717, 1.165) is 12.8 Å². The van der Waals surface area contributed by atoms with Crippen LogP contribution < -0.4 is 15.4 Å². The van der Waals surface area contributed by atoms with E-state index >= 15 is 0 Å². The zero-order chi connectivity index (χ0) is 24.1. The van der Waals surface area contributed by atoms with Crippen LogP contribution in [0.4, 0.5) is 11.4 Å². The SMILES string of the molecule is COc1ccc(NC(=O)c2ccccc2)c(NC(=O)c2ccc(S(=O)(=O)N3CCCC3)cc2)c1. The molecule has 1 fully saturated rings. The van der Waals surface area contributed by atoms with Crippen LogP contribution in [0.15, 0.2) is 77.7 Å². The Kier molecular flexibility index (Phi) is 6.95. The van der Waals surface area contributed by atoms with E-state index < -0.39 is 15.9 Å². The van der Waals surface area contributed by atoms with E-state index in [1.807, 2.05) is 6.07 Å². The molecule has 0 atom stereocenters. The maximum absolute atomic E-state index is 12.9. The van der Waals surface area contributed by atoms with Gasteiger partial charge in [-0.1, -0.05) is 18.2 Å². The summed E-state index contributed by atoms with van der Waals surface area (Å²) in [6, 6.07) is 19.5. The van der Waals surface area contributed by atoms with Crippen molar-refractivity contribution >= 4 is 33.2 Å². The van der Waals surface area contributed by atoms with Gasteiger partial charge in [0.15, 0.2) is 0 Å². The normalized spacial score (nSPS) is 13.9. The van der Waals surface area contributed by atoms with Crippen molar-refractivity contribution in [2.24, 2.45) is 0 Å². The highest BCUT2D eigenvalue weighted by Gasteiger charge is 2.27.